The van der Waals surface area contributed by atoms with Crippen molar-refractivity contribution in [2.45, 2.75) is 20.4 Å². The van der Waals surface area contributed by atoms with Crippen LogP contribution in [-0.4, -0.2) is 35.2 Å². The van der Waals surface area contributed by atoms with Crippen LogP contribution in [0.5, 0.6) is 0 Å². The van der Waals surface area contributed by atoms with Gasteiger partial charge in [-0.1, -0.05) is 25.2 Å². The van der Waals surface area contributed by atoms with E-state index in [9.17, 15) is 0 Å². The molecule has 1 aromatic rings. The lowest BCUT2D eigenvalue weighted by Crippen LogP contribution is -2.19. The fourth-order valence-corrected chi connectivity index (χ4v) is 2.72. The maximum Gasteiger partial charge on any atom is 0.205 e. The van der Waals surface area contributed by atoms with E-state index in [1.54, 1.807) is 11.3 Å². The van der Waals surface area contributed by atoms with Gasteiger partial charge in [-0.2, -0.15) is 0 Å². The molecule has 0 radical (unpaired) electrons. The number of nitrogens with one attached hydrogen (secondary N) is 1. The van der Waals surface area contributed by atoms with Crippen molar-refractivity contribution in [3.8, 4) is 0 Å². The normalized spacial score (nSPS) is 27.1. The van der Waals surface area contributed by atoms with Crippen molar-refractivity contribution in [2.24, 2.45) is 11.8 Å². The Labute approximate surface area is 94.7 Å². The Morgan fingerprint density at radius 2 is 2.00 bits per heavy atom. The number of nitrogens with zero attached hydrogens (tertiary/aromatic N) is 3. The number of hydrogen-bond acceptors (Lipinski definition) is 5. The molecule has 0 saturated carbocycles. The summed E-state index contributed by atoms with van der Waals surface area (Å²) in [4.78, 5) is 2.47. The number of aromatic nitrogens is 2. The highest BCUT2D eigenvalue weighted by atomic mass is 32.1. The summed E-state index contributed by atoms with van der Waals surface area (Å²) in [5.74, 6) is 1.61. The minimum Gasteiger partial charge on any atom is -0.363 e. The zero-order valence-electron chi connectivity index (χ0n) is 9.53. The van der Waals surface area contributed by atoms with E-state index in [-0.39, 0.29) is 0 Å². The maximum absolute atomic E-state index is 4.16. The number of rotatable bonds is 3. The smallest absolute Gasteiger partial charge is 0.205 e. The fourth-order valence-electron chi connectivity index (χ4n) is 1.99. The second-order valence-electron chi connectivity index (χ2n) is 4.40. The molecule has 1 saturated heterocycles. The SMILES string of the molecule is CNc1nnc(CN2CC(C)C(C)C2)s1. The molecule has 1 N–H and O–H groups in total. The highest BCUT2D eigenvalue weighted by Crippen LogP contribution is 2.25. The van der Waals surface area contributed by atoms with Crippen LogP contribution < -0.4 is 5.32 Å². The van der Waals surface area contributed by atoms with Gasteiger partial charge in [0.05, 0.1) is 6.54 Å². The van der Waals surface area contributed by atoms with Crippen LogP contribution in [0, 0.1) is 11.8 Å². The fraction of sp³-hybridized carbons (Fsp3) is 0.800. The average Bonchev–Trinajstić information content (AvgIpc) is 2.76. The van der Waals surface area contributed by atoms with Gasteiger partial charge in [0.25, 0.3) is 0 Å². The summed E-state index contributed by atoms with van der Waals surface area (Å²) in [6, 6.07) is 0. The third-order valence-corrected chi connectivity index (χ3v) is 4.03. The van der Waals surface area contributed by atoms with Gasteiger partial charge in [0.2, 0.25) is 5.13 Å². The van der Waals surface area contributed by atoms with Gasteiger partial charge >= 0.3 is 0 Å². The number of anilines is 1. The minimum atomic E-state index is 0.807. The van der Waals surface area contributed by atoms with Gasteiger partial charge in [0.15, 0.2) is 0 Å². The molecule has 0 amide bonds. The summed E-state index contributed by atoms with van der Waals surface area (Å²) in [6.45, 7) is 7.98. The third kappa shape index (κ3) is 2.46. The van der Waals surface area contributed by atoms with Crippen molar-refractivity contribution >= 4 is 16.5 Å². The molecule has 1 aliphatic heterocycles. The van der Waals surface area contributed by atoms with Crippen LogP contribution in [0.3, 0.4) is 0 Å². The second-order valence-corrected chi connectivity index (χ2v) is 5.46. The van der Waals surface area contributed by atoms with Gasteiger partial charge in [0, 0.05) is 20.1 Å². The van der Waals surface area contributed by atoms with Crippen molar-refractivity contribution < 1.29 is 0 Å². The average molecular weight is 226 g/mol. The zero-order valence-corrected chi connectivity index (χ0v) is 10.3. The monoisotopic (exact) mass is 226 g/mol. The molecule has 4 nitrogen and oxygen atoms in total. The van der Waals surface area contributed by atoms with E-state index in [1.165, 1.54) is 13.1 Å². The van der Waals surface area contributed by atoms with Crippen LogP contribution in [0.25, 0.3) is 0 Å². The van der Waals surface area contributed by atoms with Crippen LogP contribution in [0.4, 0.5) is 5.13 Å². The Bertz CT molecular complexity index is 315. The molecule has 84 valence electrons. The first-order chi connectivity index (χ1) is 7.19. The van der Waals surface area contributed by atoms with Gasteiger partial charge < -0.3 is 5.32 Å². The standard InChI is InChI=1S/C10H18N4S/c1-7-4-14(5-8(7)2)6-9-12-13-10(11-3)15-9/h7-8H,4-6H2,1-3H3,(H,11,13). The molecule has 1 aliphatic rings. The Balaban J connectivity index is 1.92. The molecule has 2 rings (SSSR count). The van der Waals surface area contributed by atoms with Crippen molar-refractivity contribution in [2.75, 3.05) is 25.5 Å². The third-order valence-electron chi connectivity index (χ3n) is 3.10. The number of hydrogen-bond donors (Lipinski definition) is 1. The highest BCUT2D eigenvalue weighted by molar-refractivity contribution is 7.15. The molecule has 0 aliphatic carbocycles. The Kier molecular flexibility index (Phi) is 3.21. The predicted octanol–water partition coefficient (Wildman–Crippen LogP) is 1.67. The summed E-state index contributed by atoms with van der Waals surface area (Å²) in [5, 5.41) is 13.2. The maximum atomic E-state index is 4.16. The van der Waals surface area contributed by atoms with E-state index < -0.39 is 0 Å². The molecule has 1 aromatic heterocycles. The van der Waals surface area contributed by atoms with E-state index in [2.05, 4.69) is 34.3 Å². The van der Waals surface area contributed by atoms with Crippen LogP contribution in [-0.2, 0) is 6.54 Å². The van der Waals surface area contributed by atoms with Crippen molar-refractivity contribution in [3.63, 3.8) is 0 Å². The van der Waals surface area contributed by atoms with Crippen molar-refractivity contribution in [1.29, 1.82) is 0 Å². The first-order valence-electron chi connectivity index (χ1n) is 5.41. The van der Waals surface area contributed by atoms with Crippen molar-refractivity contribution in [1.82, 2.24) is 15.1 Å². The largest absolute Gasteiger partial charge is 0.363 e. The van der Waals surface area contributed by atoms with E-state index in [0.717, 1.165) is 28.5 Å². The van der Waals surface area contributed by atoms with Crippen LogP contribution in [0.1, 0.15) is 18.9 Å². The molecule has 5 heteroatoms. The number of likely N-dealkylation sites (tertiary alicyclic amines) is 1. The molecule has 0 aromatic carbocycles. The summed E-state index contributed by atoms with van der Waals surface area (Å²) < 4.78 is 0. The molecular formula is C10H18N4S. The summed E-state index contributed by atoms with van der Waals surface area (Å²) in [5.41, 5.74) is 0. The first kappa shape index (κ1) is 10.8. The van der Waals surface area contributed by atoms with Crippen LogP contribution in [0.15, 0.2) is 0 Å². The van der Waals surface area contributed by atoms with E-state index in [1.807, 2.05) is 7.05 Å². The Morgan fingerprint density at radius 3 is 2.53 bits per heavy atom. The van der Waals surface area contributed by atoms with Gasteiger partial charge in [0.1, 0.15) is 5.01 Å². The molecule has 2 heterocycles. The van der Waals surface area contributed by atoms with E-state index in [0.29, 0.717) is 0 Å². The lowest BCUT2D eigenvalue weighted by atomic mass is 10.0. The lowest BCUT2D eigenvalue weighted by molar-refractivity contribution is 0.315. The van der Waals surface area contributed by atoms with Crippen LogP contribution >= 0.6 is 11.3 Å². The minimum absolute atomic E-state index is 0.807. The lowest BCUT2D eigenvalue weighted by Gasteiger charge is -2.12. The molecule has 0 bridgehead atoms. The molecule has 0 spiro atoms. The predicted molar refractivity (Wildman–Crippen MR) is 63.1 cm³/mol. The summed E-state index contributed by atoms with van der Waals surface area (Å²) >= 11 is 1.65. The highest BCUT2D eigenvalue weighted by Gasteiger charge is 2.26. The Hall–Kier alpha value is -0.680. The van der Waals surface area contributed by atoms with Crippen LogP contribution in [0.2, 0.25) is 0 Å². The zero-order chi connectivity index (χ0) is 10.8. The van der Waals surface area contributed by atoms with Gasteiger partial charge in [-0.3, -0.25) is 4.90 Å². The van der Waals surface area contributed by atoms with E-state index in [4.69, 9.17) is 0 Å². The molecular weight excluding hydrogens is 208 g/mol. The Morgan fingerprint density at radius 1 is 1.33 bits per heavy atom. The molecule has 15 heavy (non-hydrogen) atoms. The summed E-state index contributed by atoms with van der Waals surface area (Å²) in [7, 11) is 1.88. The van der Waals surface area contributed by atoms with Gasteiger partial charge in [-0.25, -0.2) is 0 Å². The molecule has 2 atom stereocenters. The molecule has 1 fully saturated rings. The van der Waals surface area contributed by atoms with Gasteiger partial charge in [-0.05, 0) is 11.8 Å². The van der Waals surface area contributed by atoms with Crippen molar-refractivity contribution in [3.05, 3.63) is 5.01 Å². The summed E-state index contributed by atoms with van der Waals surface area (Å²) in [6.07, 6.45) is 0. The molecule has 2 unspecified atom stereocenters. The quantitative estimate of drug-likeness (QED) is 0.851. The first-order valence-corrected chi connectivity index (χ1v) is 6.23. The topological polar surface area (TPSA) is 41.1 Å². The second kappa shape index (κ2) is 4.45. The van der Waals surface area contributed by atoms with Gasteiger partial charge in [-0.15, -0.1) is 10.2 Å². The van der Waals surface area contributed by atoms with E-state index >= 15 is 0 Å².